The van der Waals surface area contributed by atoms with Crippen molar-refractivity contribution in [2.45, 2.75) is 95.3 Å². The lowest BCUT2D eigenvalue weighted by molar-refractivity contribution is -0.140. The Morgan fingerprint density at radius 3 is 2.33 bits per heavy atom. The van der Waals surface area contributed by atoms with Crippen LogP contribution in [0.25, 0.3) is 0 Å². The first kappa shape index (κ1) is 21.0. The lowest BCUT2D eigenvalue weighted by Crippen LogP contribution is -2.54. The number of hydrogen-bond donors (Lipinski definition) is 0. The van der Waals surface area contributed by atoms with Gasteiger partial charge in [0.15, 0.2) is 0 Å². The van der Waals surface area contributed by atoms with Crippen molar-refractivity contribution in [1.29, 1.82) is 0 Å². The lowest BCUT2D eigenvalue weighted by atomic mass is 9.98. The quantitative estimate of drug-likeness (QED) is 0.554. The number of likely N-dealkylation sites (tertiary alicyclic amines) is 1. The molecule has 2 heterocycles. The Morgan fingerprint density at radius 2 is 1.63 bits per heavy atom. The number of piperidine rings is 1. The Labute approximate surface area is 169 Å². The molecule has 0 radical (unpaired) electrons. The average molecular weight is 395 g/mol. The first-order chi connectivity index (χ1) is 13.2. The maximum Gasteiger partial charge on any atom is 0.226 e. The Bertz CT molecular complexity index is 497. The molecule has 0 atom stereocenters. The molecule has 2 saturated heterocycles. The Hall–Kier alpha value is -0.710. The molecule has 0 N–H and O–H groups in total. The van der Waals surface area contributed by atoms with E-state index in [4.69, 9.17) is 0 Å². The van der Waals surface area contributed by atoms with E-state index in [-0.39, 0.29) is 10.8 Å². The van der Waals surface area contributed by atoms with Crippen LogP contribution in [0.5, 0.6) is 0 Å². The zero-order valence-electron chi connectivity index (χ0n) is 17.2. The summed E-state index contributed by atoms with van der Waals surface area (Å²) in [5.74, 6) is 2.07. The number of hydrogen-bond acceptors (Lipinski definition) is 3. The third kappa shape index (κ3) is 5.21. The molecule has 3 fully saturated rings. The van der Waals surface area contributed by atoms with Crippen molar-refractivity contribution >= 4 is 23.6 Å². The second kappa shape index (κ2) is 10.2. The molecule has 1 aliphatic carbocycles. The van der Waals surface area contributed by atoms with Crippen LogP contribution in [0.15, 0.2) is 0 Å². The van der Waals surface area contributed by atoms with E-state index in [0.29, 0.717) is 18.2 Å². The predicted molar refractivity (Wildman–Crippen MR) is 113 cm³/mol. The SMILES string of the molecule is CCCCCCCCC(=O)N1CCC2(CC1)SCCN2C(=O)C1CCCC1. The standard InChI is InChI=1S/C22H38N2O2S/c1-2-3-4-5-6-7-12-20(25)23-15-13-22(14-16-23)24(17-18-27-22)21(26)19-10-8-9-11-19/h19H,2-18H2,1H3. The van der Waals surface area contributed by atoms with Crippen LogP contribution in [0.2, 0.25) is 0 Å². The number of carbonyl (C=O) groups is 2. The molecule has 1 spiro atoms. The van der Waals surface area contributed by atoms with E-state index in [0.717, 1.165) is 57.5 Å². The average Bonchev–Trinajstić information content (AvgIpc) is 3.35. The molecule has 154 valence electrons. The summed E-state index contributed by atoms with van der Waals surface area (Å²) in [6, 6.07) is 0. The topological polar surface area (TPSA) is 40.6 Å². The largest absolute Gasteiger partial charge is 0.342 e. The molecular weight excluding hydrogens is 356 g/mol. The molecule has 5 heteroatoms. The van der Waals surface area contributed by atoms with E-state index in [2.05, 4.69) is 16.7 Å². The van der Waals surface area contributed by atoms with Gasteiger partial charge < -0.3 is 9.80 Å². The molecule has 27 heavy (non-hydrogen) atoms. The summed E-state index contributed by atoms with van der Waals surface area (Å²) in [5.41, 5.74) is 0. The van der Waals surface area contributed by atoms with Crippen molar-refractivity contribution < 1.29 is 9.59 Å². The van der Waals surface area contributed by atoms with Gasteiger partial charge in [0.1, 0.15) is 0 Å². The second-order valence-electron chi connectivity index (χ2n) is 8.66. The number of carbonyl (C=O) groups excluding carboxylic acids is 2. The summed E-state index contributed by atoms with van der Waals surface area (Å²) in [7, 11) is 0. The van der Waals surface area contributed by atoms with Gasteiger partial charge >= 0.3 is 0 Å². The highest BCUT2D eigenvalue weighted by Gasteiger charge is 2.48. The molecule has 1 saturated carbocycles. The minimum Gasteiger partial charge on any atom is -0.342 e. The summed E-state index contributed by atoms with van der Waals surface area (Å²) in [5, 5.41) is 0. The van der Waals surface area contributed by atoms with Crippen LogP contribution in [0.3, 0.4) is 0 Å². The van der Waals surface area contributed by atoms with E-state index in [9.17, 15) is 9.59 Å². The molecule has 0 bridgehead atoms. The smallest absolute Gasteiger partial charge is 0.226 e. The van der Waals surface area contributed by atoms with Gasteiger partial charge in [-0.2, -0.15) is 0 Å². The minimum absolute atomic E-state index is 0.0173. The molecule has 0 unspecified atom stereocenters. The molecule has 3 aliphatic rings. The van der Waals surface area contributed by atoms with Gasteiger partial charge in [-0.25, -0.2) is 0 Å². The highest BCUT2D eigenvalue weighted by Crippen LogP contribution is 2.45. The first-order valence-corrected chi connectivity index (χ1v) is 12.4. The van der Waals surface area contributed by atoms with Gasteiger partial charge in [-0.05, 0) is 32.1 Å². The predicted octanol–water partition coefficient (Wildman–Crippen LogP) is 4.82. The van der Waals surface area contributed by atoms with Crippen LogP contribution < -0.4 is 0 Å². The van der Waals surface area contributed by atoms with Crippen LogP contribution >= 0.6 is 11.8 Å². The van der Waals surface area contributed by atoms with Gasteiger partial charge in [0, 0.05) is 37.7 Å². The Kier molecular flexibility index (Phi) is 7.92. The van der Waals surface area contributed by atoms with Crippen molar-refractivity contribution in [2.75, 3.05) is 25.4 Å². The molecular formula is C22H38N2O2S. The molecule has 0 aromatic rings. The number of nitrogens with zero attached hydrogens (tertiary/aromatic N) is 2. The summed E-state index contributed by atoms with van der Waals surface area (Å²) >= 11 is 1.97. The summed E-state index contributed by atoms with van der Waals surface area (Å²) < 4.78 is 0. The van der Waals surface area contributed by atoms with Gasteiger partial charge in [0.05, 0.1) is 4.87 Å². The third-order valence-corrected chi connectivity index (χ3v) is 8.34. The third-order valence-electron chi connectivity index (χ3n) is 6.79. The van der Waals surface area contributed by atoms with Crippen LogP contribution in [-0.4, -0.2) is 51.9 Å². The highest BCUT2D eigenvalue weighted by molar-refractivity contribution is 8.00. The van der Waals surface area contributed by atoms with E-state index in [1.807, 2.05) is 11.8 Å². The zero-order valence-corrected chi connectivity index (χ0v) is 18.0. The lowest BCUT2D eigenvalue weighted by Gasteiger charge is -2.44. The number of thioether (sulfide) groups is 1. The zero-order chi connectivity index (χ0) is 19.1. The second-order valence-corrected chi connectivity index (χ2v) is 10.1. The van der Waals surface area contributed by atoms with Crippen molar-refractivity contribution in [3.8, 4) is 0 Å². The monoisotopic (exact) mass is 394 g/mol. The molecule has 0 aromatic carbocycles. The van der Waals surface area contributed by atoms with Crippen LogP contribution in [0, 0.1) is 5.92 Å². The van der Waals surface area contributed by atoms with E-state index in [1.165, 1.54) is 44.9 Å². The highest BCUT2D eigenvalue weighted by atomic mass is 32.2. The molecule has 3 rings (SSSR count). The Balaban J connectivity index is 1.43. The fourth-order valence-electron chi connectivity index (χ4n) is 5.05. The molecule has 4 nitrogen and oxygen atoms in total. The first-order valence-electron chi connectivity index (χ1n) is 11.4. The Morgan fingerprint density at radius 1 is 0.963 bits per heavy atom. The fraction of sp³-hybridized carbons (Fsp3) is 0.909. The number of amides is 2. The van der Waals surface area contributed by atoms with E-state index < -0.39 is 0 Å². The van der Waals surface area contributed by atoms with Gasteiger partial charge in [0.2, 0.25) is 11.8 Å². The van der Waals surface area contributed by atoms with Gasteiger partial charge in [-0.1, -0.05) is 51.9 Å². The number of unbranched alkanes of at least 4 members (excludes halogenated alkanes) is 5. The molecule has 0 aromatic heterocycles. The van der Waals surface area contributed by atoms with Crippen molar-refractivity contribution in [3.63, 3.8) is 0 Å². The summed E-state index contributed by atoms with van der Waals surface area (Å²) in [6.07, 6.45) is 14.6. The molecule has 2 amide bonds. The maximum atomic E-state index is 13.0. The van der Waals surface area contributed by atoms with Crippen LogP contribution in [0.1, 0.15) is 90.4 Å². The van der Waals surface area contributed by atoms with E-state index in [1.54, 1.807) is 0 Å². The van der Waals surface area contributed by atoms with Crippen LogP contribution in [-0.2, 0) is 9.59 Å². The maximum absolute atomic E-state index is 13.0. The van der Waals surface area contributed by atoms with Crippen LogP contribution in [0.4, 0.5) is 0 Å². The fourth-order valence-corrected chi connectivity index (χ4v) is 6.51. The summed E-state index contributed by atoms with van der Waals surface area (Å²) in [4.78, 5) is 29.8. The minimum atomic E-state index is -0.0173. The van der Waals surface area contributed by atoms with E-state index >= 15 is 0 Å². The normalized spacial score (nSPS) is 22.7. The molecule has 2 aliphatic heterocycles. The van der Waals surface area contributed by atoms with Crippen molar-refractivity contribution in [1.82, 2.24) is 9.80 Å². The van der Waals surface area contributed by atoms with Crippen molar-refractivity contribution in [2.24, 2.45) is 5.92 Å². The van der Waals surface area contributed by atoms with Gasteiger partial charge in [0.25, 0.3) is 0 Å². The summed E-state index contributed by atoms with van der Waals surface area (Å²) in [6.45, 7) is 4.80. The van der Waals surface area contributed by atoms with Crippen molar-refractivity contribution in [3.05, 3.63) is 0 Å². The van der Waals surface area contributed by atoms with Gasteiger partial charge in [-0.3, -0.25) is 9.59 Å². The van der Waals surface area contributed by atoms with Gasteiger partial charge in [-0.15, -0.1) is 11.8 Å². The number of rotatable bonds is 8.